The molecule has 0 fully saturated rings. The minimum absolute atomic E-state index is 0.0318. The fraction of sp³-hybridized carbons (Fsp3) is 0.267. The Morgan fingerprint density at radius 3 is 2.57 bits per heavy atom. The number of anilines is 1. The molecule has 1 amide bonds. The Morgan fingerprint density at radius 2 is 2.04 bits per heavy atom. The van der Waals surface area contributed by atoms with Crippen LogP contribution in [0.5, 0.6) is 0 Å². The van der Waals surface area contributed by atoms with E-state index in [1.807, 2.05) is 30.3 Å². The first-order chi connectivity index (χ1) is 11.1. The largest absolute Gasteiger partial charge is 0.477 e. The van der Waals surface area contributed by atoms with Gasteiger partial charge >= 0.3 is 12.1 Å². The lowest BCUT2D eigenvalue weighted by Gasteiger charge is -2.17. The first-order valence-electron chi connectivity index (χ1n) is 6.84. The zero-order valence-electron chi connectivity index (χ0n) is 12.4. The van der Waals surface area contributed by atoms with Gasteiger partial charge in [-0.15, -0.1) is 11.6 Å². The van der Waals surface area contributed by atoms with Gasteiger partial charge in [-0.1, -0.05) is 41.7 Å². The quantitative estimate of drug-likeness (QED) is 0.799. The molecule has 1 N–H and O–H groups in total. The highest BCUT2D eigenvalue weighted by atomic mass is 35.5. The van der Waals surface area contributed by atoms with Crippen molar-refractivity contribution in [2.45, 2.75) is 19.4 Å². The normalized spacial score (nSPS) is 10.3. The summed E-state index contributed by atoms with van der Waals surface area (Å²) >= 11 is 6.61. The minimum Gasteiger partial charge on any atom is -0.477 e. The van der Waals surface area contributed by atoms with Crippen LogP contribution >= 0.6 is 22.9 Å². The molecule has 0 unspecified atom stereocenters. The van der Waals surface area contributed by atoms with E-state index >= 15 is 0 Å². The van der Waals surface area contributed by atoms with E-state index in [0.29, 0.717) is 6.54 Å². The first-order valence-corrected chi connectivity index (χ1v) is 8.19. The number of carbonyl (C=O) groups is 2. The smallest absolute Gasteiger partial charge is 0.416 e. The Labute approximate surface area is 142 Å². The van der Waals surface area contributed by atoms with E-state index in [0.717, 1.165) is 16.9 Å². The van der Waals surface area contributed by atoms with E-state index in [-0.39, 0.29) is 28.2 Å². The molecule has 6 nitrogen and oxygen atoms in total. The van der Waals surface area contributed by atoms with Crippen molar-refractivity contribution in [3.63, 3.8) is 0 Å². The second-order valence-corrected chi connectivity index (χ2v) is 5.74. The number of nitrogens with zero attached hydrogens (tertiary/aromatic N) is 2. The predicted molar refractivity (Wildman–Crippen MR) is 88.3 cm³/mol. The molecule has 122 valence electrons. The molecular weight excluding hydrogens is 340 g/mol. The van der Waals surface area contributed by atoms with Crippen molar-refractivity contribution in [2.75, 3.05) is 11.4 Å². The zero-order chi connectivity index (χ0) is 16.8. The number of hydrogen-bond donors (Lipinski definition) is 1. The van der Waals surface area contributed by atoms with Gasteiger partial charge in [0, 0.05) is 6.54 Å². The summed E-state index contributed by atoms with van der Waals surface area (Å²) in [6.07, 6.45) is -0.580. The van der Waals surface area contributed by atoms with Crippen molar-refractivity contribution in [2.24, 2.45) is 0 Å². The molecule has 0 atom stereocenters. The van der Waals surface area contributed by atoms with Gasteiger partial charge in [0.1, 0.15) is 11.5 Å². The van der Waals surface area contributed by atoms with Gasteiger partial charge in [-0.05, 0) is 12.5 Å². The van der Waals surface area contributed by atoms with E-state index in [9.17, 15) is 9.59 Å². The summed E-state index contributed by atoms with van der Waals surface area (Å²) < 4.78 is 5.25. The summed E-state index contributed by atoms with van der Waals surface area (Å²) in [5.74, 6) is -1.15. The topological polar surface area (TPSA) is 79.7 Å². The number of alkyl halides is 1. The number of ether oxygens (including phenoxy) is 1. The van der Waals surface area contributed by atoms with Crippen LogP contribution in [-0.4, -0.2) is 28.7 Å². The van der Waals surface area contributed by atoms with Gasteiger partial charge in [0.25, 0.3) is 0 Å². The van der Waals surface area contributed by atoms with Gasteiger partial charge in [0.15, 0.2) is 5.13 Å². The number of benzene rings is 1. The van der Waals surface area contributed by atoms with Crippen molar-refractivity contribution in [3.8, 4) is 0 Å². The number of aromatic nitrogens is 1. The number of carbonyl (C=O) groups excluding carboxylic acids is 1. The third-order valence-electron chi connectivity index (χ3n) is 2.98. The van der Waals surface area contributed by atoms with Crippen LogP contribution in [0.3, 0.4) is 0 Å². The fourth-order valence-electron chi connectivity index (χ4n) is 1.85. The fourth-order valence-corrected chi connectivity index (χ4v) is 3.10. The molecule has 0 saturated carbocycles. The van der Waals surface area contributed by atoms with Crippen LogP contribution in [0.25, 0.3) is 0 Å². The molecule has 2 aromatic rings. The number of hydrogen-bond acceptors (Lipinski definition) is 5. The van der Waals surface area contributed by atoms with Crippen molar-refractivity contribution in [3.05, 3.63) is 46.5 Å². The third-order valence-corrected chi connectivity index (χ3v) is 4.34. The van der Waals surface area contributed by atoms with Crippen LogP contribution in [0.2, 0.25) is 0 Å². The number of thiazole rings is 1. The molecule has 0 aliphatic heterocycles. The number of rotatable bonds is 6. The molecule has 2 rings (SSSR count). The Hall–Kier alpha value is -2.12. The summed E-state index contributed by atoms with van der Waals surface area (Å²) in [5, 5.41) is 9.39. The van der Waals surface area contributed by atoms with E-state index in [1.165, 1.54) is 4.90 Å². The molecule has 1 aromatic carbocycles. The predicted octanol–water partition coefficient (Wildman–Crippen LogP) is 3.74. The van der Waals surface area contributed by atoms with Gasteiger partial charge in [0.05, 0.1) is 11.6 Å². The van der Waals surface area contributed by atoms with Crippen molar-refractivity contribution < 1.29 is 19.4 Å². The van der Waals surface area contributed by atoms with Gasteiger partial charge in [-0.2, -0.15) is 0 Å². The number of halogens is 1. The van der Waals surface area contributed by atoms with Gasteiger partial charge in [-0.25, -0.2) is 14.6 Å². The second kappa shape index (κ2) is 7.94. The van der Waals surface area contributed by atoms with Crippen molar-refractivity contribution in [1.82, 2.24) is 4.98 Å². The summed E-state index contributed by atoms with van der Waals surface area (Å²) in [4.78, 5) is 28.8. The summed E-state index contributed by atoms with van der Waals surface area (Å²) in [7, 11) is 0. The average molecular weight is 355 g/mol. The summed E-state index contributed by atoms with van der Waals surface area (Å²) in [6.45, 7) is 2.20. The lowest BCUT2D eigenvalue weighted by Crippen LogP contribution is -2.31. The van der Waals surface area contributed by atoms with Crippen LogP contribution < -0.4 is 4.90 Å². The number of aromatic carboxylic acids is 1. The van der Waals surface area contributed by atoms with Crippen LogP contribution in [0.4, 0.5) is 9.93 Å². The molecule has 8 heteroatoms. The van der Waals surface area contributed by atoms with E-state index in [1.54, 1.807) is 6.92 Å². The van der Waals surface area contributed by atoms with Crippen LogP contribution in [0.1, 0.15) is 27.9 Å². The molecule has 23 heavy (non-hydrogen) atoms. The third kappa shape index (κ3) is 4.20. The highest BCUT2D eigenvalue weighted by Crippen LogP contribution is 2.28. The maximum atomic E-state index is 12.2. The lowest BCUT2D eigenvalue weighted by molar-refractivity contribution is 0.0701. The summed E-state index contributed by atoms with van der Waals surface area (Å²) in [6, 6.07) is 9.28. The molecule has 0 saturated heterocycles. The Kier molecular flexibility index (Phi) is 5.95. The molecule has 0 radical (unpaired) electrons. The van der Waals surface area contributed by atoms with Crippen LogP contribution in [-0.2, 0) is 17.2 Å². The van der Waals surface area contributed by atoms with E-state index in [2.05, 4.69) is 4.98 Å². The lowest BCUT2D eigenvalue weighted by atomic mass is 10.2. The van der Waals surface area contributed by atoms with E-state index < -0.39 is 12.1 Å². The Bertz CT molecular complexity index is 690. The highest BCUT2D eigenvalue weighted by Gasteiger charge is 2.24. The average Bonchev–Trinajstić information content (AvgIpc) is 2.99. The molecule has 0 bridgehead atoms. The summed E-state index contributed by atoms with van der Waals surface area (Å²) in [5.41, 5.74) is 1.11. The molecule has 1 aromatic heterocycles. The highest BCUT2D eigenvalue weighted by molar-refractivity contribution is 7.17. The molecule has 0 aliphatic rings. The monoisotopic (exact) mass is 354 g/mol. The Balaban J connectivity index is 2.12. The zero-order valence-corrected chi connectivity index (χ0v) is 13.9. The molecule has 0 aliphatic carbocycles. The second-order valence-electron chi connectivity index (χ2n) is 4.50. The standard InChI is InChI=1S/C15H15ClN2O4S/c1-2-18(14-17-11(8-16)12(23-14)13(19)20)15(21)22-9-10-6-4-3-5-7-10/h3-7H,2,8-9H2,1H3,(H,19,20). The maximum absolute atomic E-state index is 12.2. The van der Waals surface area contributed by atoms with E-state index in [4.69, 9.17) is 21.4 Å². The molecule has 0 spiro atoms. The molecule has 1 heterocycles. The van der Waals surface area contributed by atoms with Crippen molar-refractivity contribution >= 4 is 40.1 Å². The van der Waals surface area contributed by atoms with Crippen molar-refractivity contribution in [1.29, 1.82) is 0 Å². The van der Waals surface area contributed by atoms with Gasteiger partial charge in [-0.3, -0.25) is 4.90 Å². The number of carboxylic acid groups (broad SMARTS) is 1. The van der Waals surface area contributed by atoms with Crippen LogP contribution in [0, 0.1) is 0 Å². The maximum Gasteiger partial charge on any atom is 0.416 e. The number of carboxylic acids is 1. The number of amides is 1. The van der Waals surface area contributed by atoms with Gasteiger partial charge in [0.2, 0.25) is 0 Å². The van der Waals surface area contributed by atoms with Gasteiger partial charge < -0.3 is 9.84 Å². The SMILES string of the molecule is CCN(C(=O)OCc1ccccc1)c1nc(CCl)c(C(=O)O)s1. The van der Waals surface area contributed by atoms with Crippen LogP contribution in [0.15, 0.2) is 30.3 Å². The minimum atomic E-state index is -1.11. The Morgan fingerprint density at radius 1 is 1.35 bits per heavy atom. The first kappa shape index (κ1) is 17.2. The molecular formula is C15H15ClN2O4S.